The van der Waals surface area contributed by atoms with Gasteiger partial charge in [0.1, 0.15) is 0 Å². The van der Waals surface area contributed by atoms with Crippen LogP contribution in [-0.4, -0.2) is 13.1 Å². The third-order valence-electron chi connectivity index (χ3n) is 3.39. The Balaban J connectivity index is 2.01. The van der Waals surface area contributed by atoms with Crippen molar-refractivity contribution in [3.63, 3.8) is 0 Å². The van der Waals surface area contributed by atoms with E-state index in [1.165, 1.54) is 0 Å². The predicted molar refractivity (Wildman–Crippen MR) is 87.7 cm³/mol. The van der Waals surface area contributed by atoms with Crippen LogP contribution in [0.4, 0.5) is 16.2 Å². The van der Waals surface area contributed by atoms with E-state index in [-0.39, 0.29) is 12.1 Å². The molecule has 0 aliphatic heterocycles. The van der Waals surface area contributed by atoms with Crippen LogP contribution in [0.15, 0.2) is 48.5 Å². The summed E-state index contributed by atoms with van der Waals surface area (Å²) in [5, 5.41) is 8.84. The van der Waals surface area contributed by atoms with E-state index < -0.39 is 0 Å². The van der Waals surface area contributed by atoms with Crippen molar-refractivity contribution >= 4 is 17.4 Å². The van der Waals surface area contributed by atoms with Crippen LogP contribution in [0.25, 0.3) is 0 Å². The van der Waals surface area contributed by atoms with Crippen molar-refractivity contribution in [1.82, 2.24) is 5.32 Å². The molecule has 0 spiro atoms. The van der Waals surface area contributed by atoms with Crippen LogP contribution in [0.3, 0.4) is 0 Å². The maximum atomic E-state index is 12.0. The van der Waals surface area contributed by atoms with E-state index in [9.17, 15) is 4.79 Å². The highest BCUT2D eigenvalue weighted by atomic mass is 16.2. The van der Waals surface area contributed by atoms with Gasteiger partial charge in [0.15, 0.2) is 0 Å². The van der Waals surface area contributed by atoms with Gasteiger partial charge in [-0.3, -0.25) is 0 Å². The molecule has 0 aliphatic rings. The Hall–Kier alpha value is -2.33. The molecule has 1 unspecified atom stereocenters. The van der Waals surface area contributed by atoms with Crippen molar-refractivity contribution in [3.8, 4) is 0 Å². The molecule has 0 bridgehead atoms. The van der Waals surface area contributed by atoms with Crippen molar-refractivity contribution < 1.29 is 4.79 Å². The van der Waals surface area contributed by atoms with Gasteiger partial charge in [-0.15, -0.1) is 0 Å². The van der Waals surface area contributed by atoms with Crippen LogP contribution in [0, 0.1) is 6.92 Å². The number of aryl methyl sites for hydroxylation is 1. The van der Waals surface area contributed by atoms with Gasteiger partial charge in [-0.1, -0.05) is 29.8 Å². The SMILES string of the molecule is CNC(C)c1cccc(NC(=O)Nc2ccc(C)cc2)c1. The quantitative estimate of drug-likeness (QED) is 0.796. The zero-order valence-corrected chi connectivity index (χ0v) is 12.6. The molecular weight excluding hydrogens is 262 g/mol. The highest BCUT2D eigenvalue weighted by molar-refractivity contribution is 5.99. The molecule has 1 atom stereocenters. The largest absolute Gasteiger partial charge is 0.323 e. The number of hydrogen-bond acceptors (Lipinski definition) is 2. The number of hydrogen-bond donors (Lipinski definition) is 3. The monoisotopic (exact) mass is 283 g/mol. The van der Waals surface area contributed by atoms with Crippen molar-refractivity contribution in [2.45, 2.75) is 19.9 Å². The lowest BCUT2D eigenvalue weighted by Gasteiger charge is -2.13. The molecule has 110 valence electrons. The predicted octanol–water partition coefficient (Wildman–Crippen LogP) is 3.92. The number of rotatable bonds is 4. The molecule has 2 rings (SSSR count). The summed E-state index contributed by atoms with van der Waals surface area (Å²) in [6.07, 6.45) is 0. The Kier molecular flexibility index (Phi) is 4.95. The first-order valence-corrected chi connectivity index (χ1v) is 7.00. The maximum Gasteiger partial charge on any atom is 0.323 e. The molecule has 0 aliphatic carbocycles. The summed E-state index contributed by atoms with van der Waals surface area (Å²) < 4.78 is 0. The zero-order chi connectivity index (χ0) is 15.2. The van der Waals surface area contributed by atoms with Gasteiger partial charge in [-0.25, -0.2) is 4.79 Å². The van der Waals surface area contributed by atoms with Crippen LogP contribution in [0.5, 0.6) is 0 Å². The second-order valence-corrected chi connectivity index (χ2v) is 5.08. The lowest BCUT2D eigenvalue weighted by Crippen LogP contribution is -2.20. The number of anilines is 2. The third-order valence-corrected chi connectivity index (χ3v) is 3.39. The van der Waals surface area contributed by atoms with E-state index in [0.717, 1.165) is 22.5 Å². The summed E-state index contributed by atoms with van der Waals surface area (Å²) in [5.41, 5.74) is 3.84. The van der Waals surface area contributed by atoms with E-state index >= 15 is 0 Å². The van der Waals surface area contributed by atoms with Gasteiger partial charge in [-0.05, 0) is 50.7 Å². The molecule has 2 aromatic carbocycles. The van der Waals surface area contributed by atoms with Gasteiger partial charge >= 0.3 is 6.03 Å². The minimum absolute atomic E-state index is 0.242. The van der Waals surface area contributed by atoms with Gasteiger partial charge in [0, 0.05) is 17.4 Å². The highest BCUT2D eigenvalue weighted by Gasteiger charge is 2.06. The maximum absolute atomic E-state index is 12.0. The fraction of sp³-hybridized carbons (Fsp3) is 0.235. The van der Waals surface area contributed by atoms with Crippen LogP contribution < -0.4 is 16.0 Å². The average Bonchev–Trinajstić information content (AvgIpc) is 2.49. The summed E-state index contributed by atoms with van der Waals surface area (Å²) in [7, 11) is 1.91. The second-order valence-electron chi connectivity index (χ2n) is 5.08. The van der Waals surface area contributed by atoms with Gasteiger partial charge < -0.3 is 16.0 Å². The Morgan fingerprint density at radius 1 is 1.00 bits per heavy atom. The molecule has 0 heterocycles. The molecule has 2 aromatic rings. The molecule has 0 aromatic heterocycles. The minimum Gasteiger partial charge on any atom is -0.313 e. The average molecular weight is 283 g/mol. The highest BCUT2D eigenvalue weighted by Crippen LogP contribution is 2.17. The van der Waals surface area contributed by atoms with Gasteiger partial charge in [0.25, 0.3) is 0 Å². The molecule has 4 heteroatoms. The van der Waals surface area contributed by atoms with Crippen molar-refractivity contribution in [2.75, 3.05) is 17.7 Å². The lowest BCUT2D eigenvalue weighted by molar-refractivity contribution is 0.262. The molecule has 2 amide bonds. The van der Waals surface area contributed by atoms with Gasteiger partial charge in [-0.2, -0.15) is 0 Å². The van der Waals surface area contributed by atoms with Crippen molar-refractivity contribution in [1.29, 1.82) is 0 Å². The first-order valence-electron chi connectivity index (χ1n) is 7.00. The molecule has 4 nitrogen and oxygen atoms in total. The summed E-state index contributed by atoms with van der Waals surface area (Å²) in [6.45, 7) is 4.09. The van der Waals surface area contributed by atoms with Crippen LogP contribution >= 0.6 is 0 Å². The molecule has 0 radical (unpaired) electrons. The third kappa shape index (κ3) is 4.33. The molecular formula is C17H21N3O. The van der Waals surface area contributed by atoms with E-state index in [0.29, 0.717) is 0 Å². The Morgan fingerprint density at radius 3 is 2.33 bits per heavy atom. The van der Waals surface area contributed by atoms with E-state index in [2.05, 4.69) is 22.9 Å². The van der Waals surface area contributed by atoms with E-state index in [1.807, 2.05) is 62.5 Å². The molecule has 0 fully saturated rings. The molecule has 3 N–H and O–H groups in total. The number of benzene rings is 2. The smallest absolute Gasteiger partial charge is 0.313 e. The Labute approximate surface area is 125 Å². The fourth-order valence-electron chi connectivity index (χ4n) is 1.98. The van der Waals surface area contributed by atoms with Crippen LogP contribution in [0.1, 0.15) is 24.1 Å². The molecule has 0 saturated heterocycles. The number of urea groups is 1. The summed E-state index contributed by atoms with van der Waals surface area (Å²) in [4.78, 5) is 12.0. The van der Waals surface area contributed by atoms with Crippen molar-refractivity contribution in [3.05, 3.63) is 59.7 Å². The number of carbonyl (C=O) groups is 1. The topological polar surface area (TPSA) is 53.2 Å². The fourth-order valence-corrected chi connectivity index (χ4v) is 1.98. The number of amides is 2. The first kappa shape index (κ1) is 15.1. The molecule has 0 saturated carbocycles. The summed E-state index contributed by atoms with van der Waals surface area (Å²) in [6, 6.07) is 15.5. The van der Waals surface area contributed by atoms with Gasteiger partial charge in [0.05, 0.1) is 0 Å². The number of nitrogens with one attached hydrogen (secondary N) is 3. The second kappa shape index (κ2) is 6.90. The first-order chi connectivity index (χ1) is 10.1. The van der Waals surface area contributed by atoms with Crippen molar-refractivity contribution in [2.24, 2.45) is 0 Å². The van der Waals surface area contributed by atoms with Gasteiger partial charge in [0.2, 0.25) is 0 Å². The zero-order valence-electron chi connectivity index (χ0n) is 12.6. The lowest BCUT2D eigenvalue weighted by atomic mass is 10.1. The normalized spacial score (nSPS) is 11.8. The Bertz CT molecular complexity index is 608. The summed E-state index contributed by atoms with van der Waals surface area (Å²) >= 11 is 0. The van der Waals surface area contributed by atoms with E-state index in [1.54, 1.807) is 0 Å². The molecule has 21 heavy (non-hydrogen) atoms. The van der Waals surface area contributed by atoms with Crippen LogP contribution in [-0.2, 0) is 0 Å². The standard InChI is InChI=1S/C17H21N3O/c1-12-7-9-15(10-8-12)19-17(21)20-16-6-4-5-14(11-16)13(2)18-3/h4-11,13,18H,1-3H3,(H2,19,20,21). The Morgan fingerprint density at radius 2 is 1.67 bits per heavy atom. The number of carbonyl (C=O) groups excluding carboxylic acids is 1. The van der Waals surface area contributed by atoms with Crippen LogP contribution in [0.2, 0.25) is 0 Å². The minimum atomic E-state index is -0.242. The summed E-state index contributed by atoms with van der Waals surface area (Å²) in [5.74, 6) is 0. The van der Waals surface area contributed by atoms with E-state index in [4.69, 9.17) is 0 Å².